The van der Waals surface area contributed by atoms with E-state index in [2.05, 4.69) is 5.32 Å². The standard InChI is InChI=1S/C20H20N2O4/c1-14-7-9-17(10-8-14)22-12-15(11-19(22)24)20(25)26-13-18(23)21-16-5-3-2-4-6-16/h2-10,15H,11-13H2,1H3,(H,21,23). The number of carbonyl (C=O) groups is 3. The third-order valence-corrected chi connectivity index (χ3v) is 4.21. The average molecular weight is 352 g/mol. The van der Waals surface area contributed by atoms with Gasteiger partial charge in [-0.1, -0.05) is 35.9 Å². The molecule has 2 amide bonds. The zero-order valence-electron chi connectivity index (χ0n) is 14.5. The zero-order valence-corrected chi connectivity index (χ0v) is 14.5. The number of ether oxygens (including phenoxy) is 1. The first-order chi connectivity index (χ1) is 12.5. The molecule has 3 rings (SSSR count). The monoisotopic (exact) mass is 352 g/mol. The summed E-state index contributed by atoms with van der Waals surface area (Å²) in [7, 11) is 0. The summed E-state index contributed by atoms with van der Waals surface area (Å²) in [6.07, 6.45) is 0.0903. The number of amides is 2. The van der Waals surface area contributed by atoms with Crippen LogP contribution in [0.15, 0.2) is 54.6 Å². The van der Waals surface area contributed by atoms with Crippen molar-refractivity contribution in [3.8, 4) is 0 Å². The Morgan fingerprint density at radius 2 is 1.81 bits per heavy atom. The number of hydrogen-bond acceptors (Lipinski definition) is 4. The molecule has 2 aromatic rings. The number of benzene rings is 2. The number of nitrogens with zero attached hydrogens (tertiary/aromatic N) is 1. The molecule has 1 saturated heterocycles. The van der Waals surface area contributed by atoms with Crippen LogP contribution in [0.25, 0.3) is 0 Å². The largest absolute Gasteiger partial charge is 0.455 e. The Bertz CT molecular complexity index is 802. The maximum Gasteiger partial charge on any atom is 0.311 e. The zero-order chi connectivity index (χ0) is 18.5. The van der Waals surface area contributed by atoms with Gasteiger partial charge < -0.3 is 15.0 Å². The normalized spacial score (nSPS) is 16.4. The molecule has 1 fully saturated rings. The Labute approximate surface area is 151 Å². The lowest BCUT2D eigenvalue weighted by Gasteiger charge is -2.16. The van der Waals surface area contributed by atoms with Gasteiger partial charge in [-0.25, -0.2) is 0 Å². The Morgan fingerprint density at radius 3 is 2.50 bits per heavy atom. The predicted molar refractivity (Wildman–Crippen MR) is 97.7 cm³/mol. The highest BCUT2D eigenvalue weighted by Gasteiger charge is 2.36. The molecule has 6 nitrogen and oxygen atoms in total. The molecule has 26 heavy (non-hydrogen) atoms. The van der Waals surface area contributed by atoms with Crippen LogP contribution >= 0.6 is 0 Å². The van der Waals surface area contributed by atoms with Crippen molar-refractivity contribution in [3.05, 3.63) is 60.2 Å². The molecule has 6 heteroatoms. The van der Waals surface area contributed by atoms with E-state index in [4.69, 9.17) is 4.74 Å². The maximum absolute atomic E-state index is 12.2. The van der Waals surface area contributed by atoms with E-state index in [1.165, 1.54) is 0 Å². The molecule has 1 N–H and O–H groups in total. The molecule has 0 spiro atoms. The van der Waals surface area contributed by atoms with Crippen molar-refractivity contribution in [2.24, 2.45) is 5.92 Å². The van der Waals surface area contributed by atoms with E-state index >= 15 is 0 Å². The smallest absolute Gasteiger partial charge is 0.311 e. The Kier molecular flexibility index (Phi) is 5.31. The van der Waals surface area contributed by atoms with E-state index in [-0.39, 0.29) is 25.5 Å². The minimum atomic E-state index is -0.562. The fourth-order valence-corrected chi connectivity index (χ4v) is 2.81. The van der Waals surface area contributed by atoms with E-state index in [1.54, 1.807) is 29.2 Å². The fourth-order valence-electron chi connectivity index (χ4n) is 2.81. The highest BCUT2D eigenvalue weighted by Crippen LogP contribution is 2.26. The van der Waals surface area contributed by atoms with E-state index < -0.39 is 17.8 Å². The topological polar surface area (TPSA) is 75.7 Å². The molecular weight excluding hydrogens is 332 g/mol. The lowest BCUT2D eigenvalue weighted by atomic mass is 10.1. The van der Waals surface area contributed by atoms with Crippen LogP contribution in [0.2, 0.25) is 0 Å². The number of para-hydroxylation sites is 1. The molecule has 0 saturated carbocycles. The highest BCUT2D eigenvalue weighted by molar-refractivity contribution is 6.00. The molecule has 1 unspecified atom stereocenters. The number of rotatable bonds is 5. The van der Waals surface area contributed by atoms with Crippen molar-refractivity contribution in [3.63, 3.8) is 0 Å². The first kappa shape index (κ1) is 17.7. The minimum Gasteiger partial charge on any atom is -0.455 e. The van der Waals surface area contributed by atoms with Gasteiger partial charge in [0, 0.05) is 24.3 Å². The fraction of sp³-hybridized carbons (Fsp3) is 0.250. The summed E-state index contributed by atoms with van der Waals surface area (Å²) in [5.41, 5.74) is 2.49. The van der Waals surface area contributed by atoms with E-state index in [9.17, 15) is 14.4 Å². The van der Waals surface area contributed by atoms with Crippen LogP contribution < -0.4 is 10.2 Å². The number of aryl methyl sites for hydroxylation is 1. The molecule has 0 radical (unpaired) electrons. The van der Waals surface area contributed by atoms with E-state index in [1.807, 2.05) is 37.3 Å². The van der Waals surface area contributed by atoms with Gasteiger partial charge in [-0.05, 0) is 31.2 Å². The van der Waals surface area contributed by atoms with Crippen molar-refractivity contribution >= 4 is 29.2 Å². The van der Waals surface area contributed by atoms with Crippen LogP contribution in [-0.2, 0) is 19.1 Å². The lowest BCUT2D eigenvalue weighted by Crippen LogP contribution is -2.28. The van der Waals surface area contributed by atoms with Crippen LogP contribution in [0.4, 0.5) is 11.4 Å². The average Bonchev–Trinajstić information content (AvgIpc) is 3.03. The SMILES string of the molecule is Cc1ccc(N2CC(C(=O)OCC(=O)Nc3ccccc3)CC2=O)cc1. The molecule has 1 atom stereocenters. The van der Waals surface area contributed by atoms with Crippen molar-refractivity contribution in [2.75, 3.05) is 23.4 Å². The van der Waals surface area contributed by atoms with E-state index in [0.717, 1.165) is 11.3 Å². The first-order valence-electron chi connectivity index (χ1n) is 8.41. The quantitative estimate of drug-likeness (QED) is 0.839. The molecule has 1 heterocycles. The molecule has 1 aliphatic heterocycles. The second-order valence-electron chi connectivity index (χ2n) is 6.26. The van der Waals surface area contributed by atoms with Gasteiger partial charge in [-0.15, -0.1) is 0 Å². The van der Waals surface area contributed by atoms with Crippen molar-refractivity contribution in [1.82, 2.24) is 0 Å². The molecule has 2 aromatic carbocycles. The van der Waals surface area contributed by atoms with Crippen LogP contribution in [0.1, 0.15) is 12.0 Å². The number of anilines is 2. The Balaban J connectivity index is 1.51. The second kappa shape index (κ2) is 7.82. The van der Waals surface area contributed by atoms with Gasteiger partial charge in [0.2, 0.25) is 5.91 Å². The summed E-state index contributed by atoms with van der Waals surface area (Å²) in [4.78, 5) is 37.8. The van der Waals surface area contributed by atoms with Crippen LogP contribution in [-0.4, -0.2) is 30.9 Å². The van der Waals surface area contributed by atoms with Gasteiger partial charge >= 0.3 is 5.97 Å². The maximum atomic E-state index is 12.2. The number of carbonyl (C=O) groups excluding carboxylic acids is 3. The summed E-state index contributed by atoms with van der Waals surface area (Å²) in [5, 5.41) is 2.64. The molecule has 0 aromatic heterocycles. The highest BCUT2D eigenvalue weighted by atomic mass is 16.5. The molecular formula is C20H20N2O4. The van der Waals surface area contributed by atoms with Gasteiger partial charge in [0.1, 0.15) is 0 Å². The summed E-state index contributed by atoms with van der Waals surface area (Å²) < 4.78 is 5.08. The second-order valence-corrected chi connectivity index (χ2v) is 6.26. The van der Waals surface area contributed by atoms with Crippen LogP contribution in [0.3, 0.4) is 0 Å². The van der Waals surface area contributed by atoms with Gasteiger partial charge in [-0.2, -0.15) is 0 Å². The molecule has 1 aliphatic rings. The van der Waals surface area contributed by atoms with Gasteiger partial charge in [0.05, 0.1) is 5.92 Å². The van der Waals surface area contributed by atoms with Crippen molar-refractivity contribution in [2.45, 2.75) is 13.3 Å². The molecule has 0 aliphatic carbocycles. The van der Waals surface area contributed by atoms with E-state index in [0.29, 0.717) is 5.69 Å². The van der Waals surface area contributed by atoms with Crippen LogP contribution in [0, 0.1) is 12.8 Å². The molecule has 134 valence electrons. The minimum absolute atomic E-state index is 0.0903. The summed E-state index contributed by atoms with van der Waals surface area (Å²) in [5.74, 6) is -1.63. The predicted octanol–water partition coefficient (Wildman–Crippen LogP) is 2.53. The number of hydrogen-bond donors (Lipinski definition) is 1. The Morgan fingerprint density at radius 1 is 1.12 bits per heavy atom. The van der Waals surface area contributed by atoms with Gasteiger partial charge in [-0.3, -0.25) is 14.4 Å². The lowest BCUT2D eigenvalue weighted by molar-refractivity contribution is -0.151. The molecule has 0 bridgehead atoms. The first-order valence-corrected chi connectivity index (χ1v) is 8.41. The number of esters is 1. The van der Waals surface area contributed by atoms with Crippen molar-refractivity contribution in [1.29, 1.82) is 0 Å². The van der Waals surface area contributed by atoms with Crippen molar-refractivity contribution < 1.29 is 19.1 Å². The summed E-state index contributed by atoms with van der Waals surface area (Å²) in [6, 6.07) is 16.5. The third kappa shape index (κ3) is 4.27. The van der Waals surface area contributed by atoms with Crippen LogP contribution in [0.5, 0.6) is 0 Å². The third-order valence-electron chi connectivity index (χ3n) is 4.21. The number of nitrogens with one attached hydrogen (secondary N) is 1. The summed E-state index contributed by atoms with van der Waals surface area (Å²) in [6.45, 7) is 1.86. The summed E-state index contributed by atoms with van der Waals surface area (Å²) >= 11 is 0. The Hall–Kier alpha value is -3.15. The van der Waals surface area contributed by atoms with Gasteiger partial charge in [0.25, 0.3) is 5.91 Å². The van der Waals surface area contributed by atoms with Gasteiger partial charge in [0.15, 0.2) is 6.61 Å².